The van der Waals surface area contributed by atoms with Crippen molar-refractivity contribution in [3.63, 3.8) is 0 Å². The van der Waals surface area contributed by atoms with Gasteiger partial charge in [0, 0.05) is 18.3 Å². The second-order valence-corrected chi connectivity index (χ2v) is 4.65. The third-order valence-corrected chi connectivity index (χ3v) is 2.99. The number of rotatable bonds is 3. The summed E-state index contributed by atoms with van der Waals surface area (Å²) >= 11 is 0. The fourth-order valence-electron chi connectivity index (χ4n) is 2.26. The minimum absolute atomic E-state index is 0.585. The monoisotopic (exact) mass is 204 g/mol. The van der Waals surface area contributed by atoms with E-state index >= 15 is 0 Å². The predicted molar refractivity (Wildman–Crippen MR) is 65.5 cm³/mol. The van der Waals surface area contributed by atoms with Crippen LogP contribution in [0.15, 0.2) is 18.2 Å². The largest absolute Gasteiger partial charge is 0.380 e. The van der Waals surface area contributed by atoms with E-state index in [4.69, 9.17) is 0 Å². The number of anilines is 1. The van der Waals surface area contributed by atoms with Crippen molar-refractivity contribution in [2.24, 2.45) is 0 Å². The first-order valence-corrected chi connectivity index (χ1v) is 5.72. The molecular weight excluding hydrogens is 184 g/mol. The van der Waals surface area contributed by atoms with Crippen molar-refractivity contribution in [3.8, 4) is 0 Å². The molecule has 1 aromatic carbocycles. The minimum Gasteiger partial charge on any atom is -0.380 e. The Hall–Kier alpha value is -1.02. The van der Waals surface area contributed by atoms with Crippen molar-refractivity contribution in [2.75, 3.05) is 26.0 Å². The molecule has 0 aromatic heterocycles. The summed E-state index contributed by atoms with van der Waals surface area (Å²) in [5.74, 6) is 0. The fraction of sp³-hybridized carbons (Fsp3) is 0.538. The highest BCUT2D eigenvalue weighted by Crippen LogP contribution is 2.27. The van der Waals surface area contributed by atoms with Gasteiger partial charge >= 0.3 is 0 Å². The van der Waals surface area contributed by atoms with Crippen molar-refractivity contribution in [1.82, 2.24) is 4.90 Å². The summed E-state index contributed by atoms with van der Waals surface area (Å²) in [5.41, 5.74) is 4.27. The maximum absolute atomic E-state index is 3.58. The average Bonchev–Trinajstić information content (AvgIpc) is 2.57. The lowest BCUT2D eigenvalue weighted by molar-refractivity contribution is 0.386. The number of likely N-dealkylation sites (N-methyl/N-ethyl adjacent to an activating group) is 1. The maximum atomic E-state index is 3.58. The van der Waals surface area contributed by atoms with Gasteiger partial charge in [0.15, 0.2) is 0 Å². The molecule has 1 atom stereocenters. The van der Waals surface area contributed by atoms with Crippen LogP contribution in [-0.2, 0) is 12.8 Å². The van der Waals surface area contributed by atoms with E-state index in [1.807, 2.05) is 0 Å². The SMILES string of the molecule is CCc1ccc2c(c1)CC(CN(C)C)N2. The summed E-state index contributed by atoms with van der Waals surface area (Å²) in [6.07, 6.45) is 2.30. The van der Waals surface area contributed by atoms with Gasteiger partial charge in [-0.05, 0) is 44.1 Å². The van der Waals surface area contributed by atoms with E-state index in [1.54, 1.807) is 0 Å². The Morgan fingerprint density at radius 3 is 2.87 bits per heavy atom. The van der Waals surface area contributed by atoms with Crippen molar-refractivity contribution >= 4 is 5.69 Å². The topological polar surface area (TPSA) is 15.3 Å². The van der Waals surface area contributed by atoms with Gasteiger partial charge in [0.2, 0.25) is 0 Å². The van der Waals surface area contributed by atoms with Gasteiger partial charge in [-0.1, -0.05) is 19.1 Å². The molecule has 1 aromatic rings. The van der Waals surface area contributed by atoms with Crippen LogP contribution in [0.4, 0.5) is 5.69 Å². The van der Waals surface area contributed by atoms with Crippen LogP contribution in [0.25, 0.3) is 0 Å². The van der Waals surface area contributed by atoms with Crippen LogP contribution in [0.2, 0.25) is 0 Å². The summed E-state index contributed by atoms with van der Waals surface area (Å²) in [7, 11) is 4.25. The normalized spacial score (nSPS) is 19.1. The van der Waals surface area contributed by atoms with Gasteiger partial charge in [0.25, 0.3) is 0 Å². The molecule has 1 heterocycles. The molecule has 0 saturated heterocycles. The zero-order chi connectivity index (χ0) is 10.8. The molecule has 0 saturated carbocycles. The Bertz CT molecular complexity index is 344. The van der Waals surface area contributed by atoms with Crippen molar-refractivity contribution in [3.05, 3.63) is 29.3 Å². The van der Waals surface area contributed by atoms with Gasteiger partial charge in [-0.2, -0.15) is 0 Å². The summed E-state index contributed by atoms with van der Waals surface area (Å²) in [6.45, 7) is 3.32. The molecule has 15 heavy (non-hydrogen) atoms. The predicted octanol–water partition coefficient (Wildman–Crippen LogP) is 2.15. The second kappa shape index (κ2) is 4.23. The molecule has 1 unspecified atom stereocenters. The first kappa shape index (κ1) is 10.5. The van der Waals surface area contributed by atoms with Crippen LogP contribution in [-0.4, -0.2) is 31.6 Å². The molecular formula is C13H20N2. The van der Waals surface area contributed by atoms with E-state index < -0.39 is 0 Å². The van der Waals surface area contributed by atoms with Crippen LogP contribution in [0, 0.1) is 0 Å². The molecule has 2 rings (SSSR count). The highest BCUT2D eigenvalue weighted by Gasteiger charge is 2.20. The zero-order valence-electron chi connectivity index (χ0n) is 9.88. The Morgan fingerprint density at radius 1 is 1.40 bits per heavy atom. The first-order valence-electron chi connectivity index (χ1n) is 5.72. The van der Waals surface area contributed by atoms with E-state index in [0.717, 1.165) is 13.0 Å². The van der Waals surface area contributed by atoms with Crippen LogP contribution < -0.4 is 5.32 Å². The molecule has 1 N–H and O–H groups in total. The number of hydrogen-bond donors (Lipinski definition) is 1. The molecule has 0 spiro atoms. The second-order valence-electron chi connectivity index (χ2n) is 4.65. The number of benzene rings is 1. The van der Waals surface area contributed by atoms with E-state index in [0.29, 0.717) is 6.04 Å². The van der Waals surface area contributed by atoms with Crippen molar-refractivity contribution < 1.29 is 0 Å². The fourth-order valence-corrected chi connectivity index (χ4v) is 2.26. The number of fused-ring (bicyclic) bond motifs is 1. The first-order chi connectivity index (χ1) is 7.19. The number of nitrogens with zero attached hydrogens (tertiary/aromatic N) is 1. The highest BCUT2D eigenvalue weighted by molar-refractivity contribution is 5.58. The van der Waals surface area contributed by atoms with Gasteiger partial charge in [-0.15, -0.1) is 0 Å². The summed E-state index contributed by atoms with van der Waals surface area (Å²) in [6, 6.07) is 7.38. The van der Waals surface area contributed by atoms with E-state index in [2.05, 4.69) is 49.4 Å². The Kier molecular flexibility index (Phi) is 2.96. The third kappa shape index (κ3) is 2.32. The van der Waals surface area contributed by atoms with Crippen LogP contribution in [0.3, 0.4) is 0 Å². The highest BCUT2D eigenvalue weighted by atomic mass is 15.1. The molecule has 82 valence electrons. The third-order valence-electron chi connectivity index (χ3n) is 2.99. The van der Waals surface area contributed by atoms with Gasteiger partial charge < -0.3 is 10.2 Å². The van der Waals surface area contributed by atoms with Gasteiger partial charge in [0.05, 0.1) is 0 Å². The molecule has 0 aliphatic carbocycles. The maximum Gasteiger partial charge on any atom is 0.0429 e. The minimum atomic E-state index is 0.585. The molecule has 0 amide bonds. The molecule has 2 nitrogen and oxygen atoms in total. The summed E-state index contributed by atoms with van der Waals surface area (Å²) in [5, 5.41) is 3.58. The molecule has 1 aliphatic rings. The lowest BCUT2D eigenvalue weighted by Gasteiger charge is -2.16. The lowest BCUT2D eigenvalue weighted by atomic mass is 10.1. The van der Waals surface area contributed by atoms with E-state index in [9.17, 15) is 0 Å². The molecule has 0 bridgehead atoms. The van der Waals surface area contributed by atoms with Crippen LogP contribution >= 0.6 is 0 Å². The van der Waals surface area contributed by atoms with Crippen LogP contribution in [0.1, 0.15) is 18.1 Å². The summed E-state index contributed by atoms with van der Waals surface area (Å²) < 4.78 is 0. The van der Waals surface area contributed by atoms with E-state index in [-0.39, 0.29) is 0 Å². The van der Waals surface area contributed by atoms with Crippen LogP contribution in [0.5, 0.6) is 0 Å². The van der Waals surface area contributed by atoms with Crippen molar-refractivity contribution in [2.45, 2.75) is 25.8 Å². The molecule has 0 radical (unpaired) electrons. The molecule has 0 fully saturated rings. The quantitative estimate of drug-likeness (QED) is 0.811. The molecule has 1 aliphatic heterocycles. The number of hydrogen-bond acceptors (Lipinski definition) is 2. The zero-order valence-corrected chi connectivity index (χ0v) is 9.88. The Morgan fingerprint density at radius 2 is 2.20 bits per heavy atom. The standard InChI is InChI=1S/C13H20N2/c1-4-10-5-6-13-11(7-10)8-12(14-13)9-15(2)3/h5-7,12,14H,4,8-9H2,1-3H3. The summed E-state index contributed by atoms with van der Waals surface area (Å²) in [4.78, 5) is 2.24. The smallest absolute Gasteiger partial charge is 0.0429 e. The lowest BCUT2D eigenvalue weighted by Crippen LogP contribution is -2.30. The Balaban J connectivity index is 2.09. The Labute approximate surface area is 92.3 Å². The number of nitrogens with one attached hydrogen (secondary N) is 1. The molecule has 2 heteroatoms. The van der Waals surface area contributed by atoms with Crippen molar-refractivity contribution in [1.29, 1.82) is 0 Å². The average molecular weight is 204 g/mol. The number of aryl methyl sites for hydroxylation is 1. The van der Waals surface area contributed by atoms with Gasteiger partial charge in [-0.3, -0.25) is 0 Å². The van der Waals surface area contributed by atoms with E-state index in [1.165, 1.54) is 23.2 Å². The van der Waals surface area contributed by atoms with Gasteiger partial charge in [0.1, 0.15) is 0 Å². The van der Waals surface area contributed by atoms with Gasteiger partial charge in [-0.25, -0.2) is 0 Å².